The van der Waals surface area contributed by atoms with Gasteiger partial charge in [-0.25, -0.2) is 4.79 Å². The maximum Gasteiger partial charge on any atom is 0.328 e. The number of esters is 1. The summed E-state index contributed by atoms with van der Waals surface area (Å²) in [5, 5.41) is 8.76. The Kier molecular flexibility index (Phi) is 8.57. The second-order valence-corrected chi connectivity index (χ2v) is 9.23. The Morgan fingerprint density at radius 3 is 2.68 bits per heavy atom. The molecule has 0 aromatic heterocycles. The summed E-state index contributed by atoms with van der Waals surface area (Å²) >= 11 is 2.87. The number of benzene rings is 2. The van der Waals surface area contributed by atoms with Crippen LogP contribution in [0.4, 0.5) is 4.79 Å². The highest BCUT2D eigenvalue weighted by molar-refractivity contribution is 14.1. The van der Waals surface area contributed by atoms with Crippen molar-refractivity contribution in [2.45, 2.75) is 26.5 Å². The van der Waals surface area contributed by atoms with Gasteiger partial charge in [0.25, 0.3) is 11.1 Å². The topological polar surface area (TPSA) is 106 Å². The smallest absolute Gasteiger partial charge is 0.328 e. The van der Waals surface area contributed by atoms with E-state index in [4.69, 9.17) is 9.47 Å². The van der Waals surface area contributed by atoms with E-state index in [2.05, 4.69) is 33.4 Å². The highest BCUT2D eigenvalue weighted by atomic mass is 127. The molecule has 1 aliphatic heterocycles. The number of amides is 2. The van der Waals surface area contributed by atoms with Crippen molar-refractivity contribution < 1.29 is 28.6 Å². The minimum Gasteiger partial charge on any atom is -0.490 e. The van der Waals surface area contributed by atoms with Crippen molar-refractivity contribution in [1.29, 1.82) is 5.26 Å². The number of hydrogen-bond acceptors (Lipinski definition) is 8. The van der Waals surface area contributed by atoms with Crippen LogP contribution in [0.3, 0.4) is 0 Å². The monoisotopic (exact) mass is 592 g/mol. The molecular weight excluding hydrogens is 571 g/mol. The van der Waals surface area contributed by atoms with Gasteiger partial charge < -0.3 is 14.2 Å². The van der Waals surface area contributed by atoms with E-state index in [0.717, 1.165) is 25.8 Å². The molecule has 0 bridgehead atoms. The van der Waals surface area contributed by atoms with Crippen LogP contribution in [0.5, 0.6) is 11.5 Å². The van der Waals surface area contributed by atoms with Crippen molar-refractivity contribution in [3.05, 3.63) is 61.6 Å². The van der Waals surface area contributed by atoms with Crippen molar-refractivity contribution in [1.82, 2.24) is 4.90 Å². The number of methoxy groups -OCH3 is 1. The summed E-state index contributed by atoms with van der Waals surface area (Å²) in [4.78, 5) is 38.0. The number of ether oxygens (including phenoxy) is 3. The lowest BCUT2D eigenvalue weighted by Gasteiger charge is -2.18. The second-order valence-electron chi connectivity index (χ2n) is 7.07. The number of imide groups is 1. The summed E-state index contributed by atoms with van der Waals surface area (Å²) < 4.78 is 17.2. The number of thioether (sulfide) groups is 1. The van der Waals surface area contributed by atoms with Crippen LogP contribution in [0.1, 0.15) is 30.5 Å². The van der Waals surface area contributed by atoms with E-state index < -0.39 is 23.2 Å². The Labute approximate surface area is 215 Å². The Morgan fingerprint density at radius 1 is 1.26 bits per heavy atom. The Morgan fingerprint density at radius 2 is 2.00 bits per heavy atom. The number of rotatable bonds is 8. The van der Waals surface area contributed by atoms with E-state index in [1.807, 2.05) is 19.1 Å². The van der Waals surface area contributed by atoms with E-state index in [0.29, 0.717) is 29.2 Å². The molecule has 0 spiro atoms. The number of halogens is 1. The average Bonchev–Trinajstić information content (AvgIpc) is 3.10. The fourth-order valence-corrected chi connectivity index (χ4v) is 4.91. The lowest BCUT2D eigenvalue weighted by atomic mass is 10.1. The average molecular weight is 592 g/mol. The van der Waals surface area contributed by atoms with Gasteiger partial charge in [0.15, 0.2) is 11.5 Å². The van der Waals surface area contributed by atoms with Crippen LogP contribution in [-0.2, 0) is 20.9 Å². The summed E-state index contributed by atoms with van der Waals surface area (Å²) in [7, 11) is 1.20. The Hall–Kier alpha value is -3.04. The summed E-state index contributed by atoms with van der Waals surface area (Å²) in [6.45, 7) is 3.85. The maximum absolute atomic E-state index is 12.8. The first-order chi connectivity index (χ1) is 16.3. The lowest BCUT2D eigenvalue weighted by Crippen LogP contribution is -2.42. The zero-order valence-corrected chi connectivity index (χ0v) is 21.6. The molecule has 10 heteroatoms. The fraction of sp³-hybridized carbons (Fsp3) is 0.250. The molecule has 0 saturated carbocycles. The van der Waals surface area contributed by atoms with Gasteiger partial charge in [-0.3, -0.25) is 14.5 Å². The molecule has 1 atom stereocenters. The predicted molar refractivity (Wildman–Crippen MR) is 135 cm³/mol. The Balaban J connectivity index is 1.89. The van der Waals surface area contributed by atoms with Crippen LogP contribution < -0.4 is 9.47 Å². The van der Waals surface area contributed by atoms with Gasteiger partial charge in [0.05, 0.1) is 33.8 Å². The van der Waals surface area contributed by atoms with Gasteiger partial charge in [0.1, 0.15) is 12.6 Å². The van der Waals surface area contributed by atoms with Gasteiger partial charge in [-0.2, -0.15) is 5.26 Å². The van der Waals surface area contributed by atoms with Crippen LogP contribution in [0.15, 0.2) is 41.3 Å². The number of carbonyl (C=O) groups is 3. The first-order valence-corrected chi connectivity index (χ1v) is 12.1. The molecule has 2 aromatic carbocycles. The van der Waals surface area contributed by atoms with Crippen LogP contribution in [0.2, 0.25) is 0 Å². The summed E-state index contributed by atoms with van der Waals surface area (Å²) in [6, 6.07) is 11.8. The molecule has 1 fully saturated rings. The van der Waals surface area contributed by atoms with Crippen molar-refractivity contribution in [3.63, 3.8) is 0 Å². The largest absolute Gasteiger partial charge is 0.490 e. The maximum atomic E-state index is 12.8. The van der Waals surface area contributed by atoms with Gasteiger partial charge in [0.2, 0.25) is 0 Å². The molecule has 34 heavy (non-hydrogen) atoms. The third-order valence-corrected chi connectivity index (χ3v) is 6.58. The number of nitrogens with zero attached hydrogens (tertiary/aromatic N) is 2. The number of carbonyl (C=O) groups excluding carboxylic acids is 3. The third kappa shape index (κ3) is 5.53. The zero-order valence-electron chi connectivity index (χ0n) is 18.7. The minimum absolute atomic E-state index is 0.184. The molecule has 176 valence electrons. The summed E-state index contributed by atoms with van der Waals surface area (Å²) in [6.07, 6.45) is 1.58. The van der Waals surface area contributed by atoms with Crippen molar-refractivity contribution >= 4 is 57.5 Å². The van der Waals surface area contributed by atoms with Gasteiger partial charge in [0, 0.05) is 5.56 Å². The molecule has 0 aliphatic carbocycles. The summed E-state index contributed by atoms with van der Waals surface area (Å²) in [5.41, 5.74) is 1.92. The van der Waals surface area contributed by atoms with Crippen LogP contribution in [0.25, 0.3) is 6.08 Å². The molecule has 0 unspecified atom stereocenters. The first kappa shape index (κ1) is 25.6. The second kappa shape index (κ2) is 11.4. The van der Waals surface area contributed by atoms with Gasteiger partial charge in [-0.1, -0.05) is 18.2 Å². The van der Waals surface area contributed by atoms with Crippen LogP contribution in [0, 0.1) is 14.9 Å². The highest BCUT2D eigenvalue weighted by Crippen LogP contribution is 2.38. The number of nitriles is 1. The van der Waals surface area contributed by atoms with E-state index >= 15 is 0 Å². The molecule has 1 saturated heterocycles. The highest BCUT2D eigenvalue weighted by Gasteiger charge is 2.41. The lowest BCUT2D eigenvalue weighted by molar-refractivity contribution is -0.148. The van der Waals surface area contributed by atoms with E-state index in [1.54, 1.807) is 30.3 Å². The summed E-state index contributed by atoms with van der Waals surface area (Å²) in [5.74, 6) is -0.248. The fourth-order valence-electron chi connectivity index (χ4n) is 3.22. The van der Waals surface area contributed by atoms with E-state index in [1.165, 1.54) is 14.0 Å². The molecule has 0 N–H and O–H groups in total. The standard InChI is InChI=1S/C24H21IN2O6S/c1-4-32-19-10-15(11-20-22(28)27(24(30)34-20)14(2)23(29)31-3)9-18(25)21(19)33-13-17-8-6-5-7-16(17)12-26/h5-11,14H,4,13H2,1-3H3/b20-11+/t14-/m1/s1. The number of hydrogen-bond donors (Lipinski definition) is 0. The molecule has 8 nitrogen and oxygen atoms in total. The SMILES string of the molecule is CCOc1cc(/C=C2/SC(=O)N([C@H](C)C(=O)OC)C2=O)cc(I)c1OCc1ccccc1C#N. The quantitative estimate of drug-likeness (QED) is 0.246. The molecule has 3 rings (SSSR count). The van der Waals surface area contributed by atoms with E-state index in [-0.39, 0.29) is 11.5 Å². The third-order valence-electron chi connectivity index (χ3n) is 4.89. The molecular formula is C24H21IN2O6S. The first-order valence-electron chi connectivity index (χ1n) is 10.2. The predicted octanol–water partition coefficient (Wildman–Crippen LogP) is 4.74. The van der Waals surface area contributed by atoms with Crippen molar-refractivity contribution in [2.24, 2.45) is 0 Å². The van der Waals surface area contributed by atoms with Gasteiger partial charge in [-0.15, -0.1) is 0 Å². The molecule has 1 heterocycles. The van der Waals surface area contributed by atoms with Gasteiger partial charge in [-0.05, 0) is 78.0 Å². The molecule has 1 aliphatic rings. The minimum atomic E-state index is -1.02. The Bertz CT molecular complexity index is 1210. The van der Waals surface area contributed by atoms with Gasteiger partial charge >= 0.3 is 5.97 Å². The molecule has 2 aromatic rings. The molecule has 0 radical (unpaired) electrons. The van der Waals surface area contributed by atoms with Crippen LogP contribution >= 0.6 is 34.4 Å². The van der Waals surface area contributed by atoms with Crippen LogP contribution in [-0.4, -0.2) is 41.8 Å². The van der Waals surface area contributed by atoms with Crippen molar-refractivity contribution in [2.75, 3.05) is 13.7 Å². The van der Waals surface area contributed by atoms with E-state index in [9.17, 15) is 19.6 Å². The van der Waals surface area contributed by atoms with Crippen molar-refractivity contribution in [3.8, 4) is 17.6 Å². The molecule has 2 amide bonds. The zero-order chi connectivity index (χ0) is 24.8. The normalized spacial score (nSPS) is 15.3.